The number of para-hydroxylation sites is 2. The summed E-state index contributed by atoms with van der Waals surface area (Å²) in [5, 5.41) is 12.5. The summed E-state index contributed by atoms with van der Waals surface area (Å²) in [5.41, 5.74) is 2.58. The zero-order valence-corrected chi connectivity index (χ0v) is 14.4. The molecule has 26 heavy (non-hydrogen) atoms. The quantitative estimate of drug-likeness (QED) is 0.639. The van der Waals surface area contributed by atoms with Crippen LogP contribution in [0.3, 0.4) is 0 Å². The number of hydrogen-bond acceptors (Lipinski definition) is 3. The molecular weight excluding hydrogens is 326 g/mol. The fraction of sp³-hybridized carbons (Fsp3) is 0.136. The highest BCUT2D eigenvalue weighted by Gasteiger charge is 2.09. The van der Waals surface area contributed by atoms with Crippen molar-refractivity contribution in [2.75, 3.05) is 13.2 Å². The van der Waals surface area contributed by atoms with Gasteiger partial charge in [-0.2, -0.15) is 0 Å². The number of amides is 1. The van der Waals surface area contributed by atoms with Crippen LogP contribution in [-0.4, -0.2) is 24.2 Å². The van der Waals surface area contributed by atoms with Crippen molar-refractivity contribution in [1.29, 1.82) is 0 Å². The summed E-state index contributed by atoms with van der Waals surface area (Å²) in [7, 11) is 0. The van der Waals surface area contributed by atoms with E-state index in [1.165, 1.54) is 11.6 Å². The Morgan fingerprint density at radius 1 is 0.885 bits per heavy atom. The third-order valence-electron chi connectivity index (χ3n) is 4.00. The van der Waals surface area contributed by atoms with E-state index in [-0.39, 0.29) is 17.2 Å². The number of rotatable bonds is 7. The number of aromatic hydroxyl groups is 1. The van der Waals surface area contributed by atoms with Crippen LogP contribution in [-0.2, 0) is 6.42 Å². The van der Waals surface area contributed by atoms with Gasteiger partial charge in [-0.15, -0.1) is 0 Å². The van der Waals surface area contributed by atoms with Crippen LogP contribution in [0.25, 0.3) is 0 Å². The van der Waals surface area contributed by atoms with Gasteiger partial charge in [0.2, 0.25) is 0 Å². The zero-order chi connectivity index (χ0) is 18.2. The fourth-order valence-electron chi connectivity index (χ4n) is 2.69. The Kier molecular flexibility index (Phi) is 5.88. The topological polar surface area (TPSA) is 58.6 Å². The highest BCUT2D eigenvalue weighted by molar-refractivity contribution is 5.96. The summed E-state index contributed by atoms with van der Waals surface area (Å²) < 4.78 is 5.85. The van der Waals surface area contributed by atoms with Crippen LogP contribution >= 0.6 is 0 Å². The maximum Gasteiger partial charge on any atom is 0.255 e. The Hall–Kier alpha value is -3.27. The van der Waals surface area contributed by atoms with Crippen LogP contribution in [0.4, 0.5) is 0 Å². The number of carbonyl (C=O) groups is 1. The van der Waals surface area contributed by atoms with Gasteiger partial charge in [0.15, 0.2) is 0 Å². The zero-order valence-electron chi connectivity index (χ0n) is 14.4. The van der Waals surface area contributed by atoms with Gasteiger partial charge in [0.1, 0.15) is 18.1 Å². The molecule has 0 aliphatic rings. The molecule has 0 aromatic heterocycles. The Labute approximate surface area is 153 Å². The highest BCUT2D eigenvalue weighted by atomic mass is 16.5. The van der Waals surface area contributed by atoms with Gasteiger partial charge in [-0.1, -0.05) is 60.7 Å². The van der Waals surface area contributed by atoms with E-state index in [9.17, 15) is 9.90 Å². The summed E-state index contributed by atoms with van der Waals surface area (Å²) in [5.74, 6) is 0.469. The van der Waals surface area contributed by atoms with Gasteiger partial charge in [-0.05, 0) is 29.3 Å². The first-order valence-electron chi connectivity index (χ1n) is 8.55. The van der Waals surface area contributed by atoms with Crippen molar-refractivity contribution < 1.29 is 14.6 Å². The minimum absolute atomic E-state index is 0.0286. The van der Waals surface area contributed by atoms with Gasteiger partial charge in [0.05, 0.1) is 12.1 Å². The molecule has 0 saturated heterocycles. The van der Waals surface area contributed by atoms with Crippen molar-refractivity contribution in [3.8, 4) is 11.5 Å². The SMILES string of the molecule is O=C(NCCOc1ccccc1Cc1ccccc1)c1ccccc1O. The van der Waals surface area contributed by atoms with E-state index in [0.717, 1.165) is 17.7 Å². The average Bonchev–Trinajstić information content (AvgIpc) is 2.67. The summed E-state index contributed by atoms with van der Waals surface area (Å²) in [4.78, 5) is 12.1. The molecule has 132 valence electrons. The van der Waals surface area contributed by atoms with Gasteiger partial charge >= 0.3 is 0 Å². The number of phenols is 1. The van der Waals surface area contributed by atoms with E-state index < -0.39 is 0 Å². The average molecular weight is 347 g/mol. The number of hydrogen-bond donors (Lipinski definition) is 2. The molecule has 0 radical (unpaired) electrons. The monoisotopic (exact) mass is 347 g/mol. The van der Waals surface area contributed by atoms with Crippen molar-refractivity contribution in [2.45, 2.75) is 6.42 Å². The van der Waals surface area contributed by atoms with Gasteiger partial charge in [-0.25, -0.2) is 0 Å². The fourth-order valence-corrected chi connectivity index (χ4v) is 2.69. The van der Waals surface area contributed by atoms with E-state index in [1.54, 1.807) is 18.2 Å². The van der Waals surface area contributed by atoms with Gasteiger partial charge in [0, 0.05) is 6.42 Å². The molecule has 0 bridgehead atoms. The van der Waals surface area contributed by atoms with Crippen LogP contribution in [0.1, 0.15) is 21.5 Å². The van der Waals surface area contributed by atoms with Crippen molar-refractivity contribution in [3.63, 3.8) is 0 Å². The first kappa shape index (κ1) is 17.5. The Morgan fingerprint density at radius 3 is 2.38 bits per heavy atom. The smallest absolute Gasteiger partial charge is 0.255 e. The normalized spacial score (nSPS) is 10.3. The lowest BCUT2D eigenvalue weighted by Crippen LogP contribution is -2.28. The van der Waals surface area contributed by atoms with Crippen LogP contribution in [0, 0.1) is 0 Å². The molecule has 0 fully saturated rings. The lowest BCUT2D eigenvalue weighted by atomic mass is 10.0. The van der Waals surface area contributed by atoms with Crippen molar-refractivity contribution >= 4 is 5.91 Å². The molecule has 0 aliphatic carbocycles. The molecular formula is C22H21NO3. The van der Waals surface area contributed by atoms with Crippen LogP contribution in [0.5, 0.6) is 11.5 Å². The summed E-state index contributed by atoms with van der Waals surface area (Å²) >= 11 is 0. The minimum atomic E-state index is -0.315. The molecule has 0 saturated carbocycles. The standard InChI is InChI=1S/C22H21NO3/c24-20-12-6-5-11-19(20)22(25)23-14-15-26-21-13-7-4-10-18(21)16-17-8-2-1-3-9-17/h1-13,24H,14-16H2,(H,23,25). The molecule has 3 aromatic rings. The van der Waals surface area contributed by atoms with Crippen molar-refractivity contribution in [1.82, 2.24) is 5.32 Å². The molecule has 2 N–H and O–H groups in total. The second-order valence-electron chi connectivity index (χ2n) is 5.89. The van der Waals surface area contributed by atoms with Crippen LogP contribution in [0.2, 0.25) is 0 Å². The van der Waals surface area contributed by atoms with Gasteiger partial charge in [0.25, 0.3) is 5.91 Å². The van der Waals surface area contributed by atoms with E-state index in [1.807, 2.05) is 42.5 Å². The maximum atomic E-state index is 12.1. The molecule has 3 rings (SSSR count). The molecule has 0 atom stereocenters. The Morgan fingerprint density at radius 2 is 1.58 bits per heavy atom. The van der Waals surface area contributed by atoms with E-state index in [2.05, 4.69) is 17.4 Å². The molecule has 3 aromatic carbocycles. The predicted octanol–water partition coefficient (Wildman–Crippen LogP) is 3.79. The maximum absolute atomic E-state index is 12.1. The van der Waals surface area contributed by atoms with Crippen LogP contribution in [0.15, 0.2) is 78.9 Å². The van der Waals surface area contributed by atoms with Crippen molar-refractivity contribution in [3.05, 3.63) is 95.6 Å². The number of phenolic OH excluding ortho intramolecular Hbond substituents is 1. The number of carbonyl (C=O) groups excluding carboxylic acids is 1. The largest absolute Gasteiger partial charge is 0.507 e. The lowest BCUT2D eigenvalue weighted by molar-refractivity contribution is 0.0944. The van der Waals surface area contributed by atoms with Crippen LogP contribution < -0.4 is 10.1 Å². The van der Waals surface area contributed by atoms with Crippen molar-refractivity contribution in [2.24, 2.45) is 0 Å². The second-order valence-corrected chi connectivity index (χ2v) is 5.89. The van der Waals surface area contributed by atoms with Gasteiger partial charge in [-0.3, -0.25) is 4.79 Å². The summed E-state index contributed by atoms with van der Waals surface area (Å²) in [6, 6.07) is 24.6. The molecule has 0 aliphatic heterocycles. The summed E-state index contributed by atoms with van der Waals surface area (Å²) in [6.45, 7) is 0.706. The third-order valence-corrected chi connectivity index (χ3v) is 4.00. The first-order chi connectivity index (χ1) is 12.7. The number of nitrogens with one attached hydrogen (secondary N) is 1. The molecule has 0 heterocycles. The van der Waals surface area contributed by atoms with E-state index >= 15 is 0 Å². The lowest BCUT2D eigenvalue weighted by Gasteiger charge is -2.12. The first-order valence-corrected chi connectivity index (χ1v) is 8.55. The highest BCUT2D eigenvalue weighted by Crippen LogP contribution is 2.21. The molecule has 4 nitrogen and oxygen atoms in total. The van der Waals surface area contributed by atoms with Gasteiger partial charge < -0.3 is 15.2 Å². The Bertz CT molecular complexity index is 862. The van der Waals surface area contributed by atoms with E-state index in [4.69, 9.17) is 4.74 Å². The molecule has 0 spiro atoms. The second kappa shape index (κ2) is 8.72. The predicted molar refractivity (Wildman–Crippen MR) is 102 cm³/mol. The Balaban J connectivity index is 1.54. The molecule has 4 heteroatoms. The molecule has 0 unspecified atom stereocenters. The van der Waals surface area contributed by atoms with E-state index in [0.29, 0.717) is 13.2 Å². The molecule has 1 amide bonds. The number of ether oxygens (including phenoxy) is 1. The number of benzene rings is 3. The summed E-state index contributed by atoms with van der Waals surface area (Å²) in [6.07, 6.45) is 0.793. The minimum Gasteiger partial charge on any atom is -0.507 e. The third kappa shape index (κ3) is 4.63.